The van der Waals surface area contributed by atoms with Gasteiger partial charge in [-0.25, -0.2) is 13.2 Å². The summed E-state index contributed by atoms with van der Waals surface area (Å²) in [6.45, 7) is 3.01. The number of carbonyl (C=O) groups excluding carboxylic acids is 1. The number of hydrogen-bond donors (Lipinski definition) is 2. The molecule has 0 aliphatic heterocycles. The highest BCUT2D eigenvalue weighted by molar-refractivity contribution is 7.92. The summed E-state index contributed by atoms with van der Waals surface area (Å²) < 4.78 is 23.1. The lowest BCUT2D eigenvalue weighted by molar-refractivity contribution is -0.113. The molecule has 1 aromatic rings. The van der Waals surface area contributed by atoms with Crippen molar-refractivity contribution in [1.29, 1.82) is 0 Å². The van der Waals surface area contributed by atoms with Gasteiger partial charge in [-0.15, -0.1) is 0 Å². The molecule has 2 N–H and O–H groups in total. The lowest BCUT2D eigenvalue weighted by Crippen LogP contribution is -2.27. The second-order valence-electron chi connectivity index (χ2n) is 4.29. The van der Waals surface area contributed by atoms with Gasteiger partial charge in [0.05, 0.1) is 10.8 Å². The zero-order chi connectivity index (χ0) is 14.6. The molecule has 0 saturated heterocycles. The molecule has 6 nitrogen and oxygen atoms in total. The van der Waals surface area contributed by atoms with Crippen LogP contribution in [-0.4, -0.2) is 36.4 Å². The van der Waals surface area contributed by atoms with Crippen LogP contribution in [0.15, 0.2) is 24.3 Å². The molecule has 7 heteroatoms. The van der Waals surface area contributed by atoms with Gasteiger partial charge in [0.15, 0.2) is 9.84 Å². The molecule has 0 aromatic heterocycles. The Balaban J connectivity index is 2.70. The van der Waals surface area contributed by atoms with Crippen LogP contribution in [0.25, 0.3) is 0 Å². The minimum Gasteiger partial charge on any atom is -0.478 e. The highest BCUT2D eigenvalue weighted by atomic mass is 32.2. The second-order valence-corrected chi connectivity index (χ2v) is 6.84. The van der Waals surface area contributed by atoms with E-state index < -0.39 is 32.7 Å². The predicted octanol–water partition coefficient (Wildman–Crippen LogP) is 1.15. The van der Waals surface area contributed by atoms with Crippen molar-refractivity contribution in [3.63, 3.8) is 0 Å². The van der Waals surface area contributed by atoms with E-state index >= 15 is 0 Å². The van der Waals surface area contributed by atoms with Gasteiger partial charge in [-0.1, -0.05) is 0 Å². The summed E-state index contributed by atoms with van der Waals surface area (Å²) in [5, 5.41) is 10.5. The van der Waals surface area contributed by atoms with E-state index in [1.54, 1.807) is 0 Å². The standard InChI is InChI=1S/C12H15NO5S/c1-8(2)19(17,18)7-11(14)13-10-5-3-9(4-6-10)12(15)16/h3-6,8H,7H2,1-2H3,(H,13,14)(H,15,16). The third-order valence-electron chi connectivity index (χ3n) is 2.47. The second kappa shape index (κ2) is 5.83. The van der Waals surface area contributed by atoms with Gasteiger partial charge < -0.3 is 10.4 Å². The summed E-state index contributed by atoms with van der Waals surface area (Å²) in [5.41, 5.74) is 0.446. The summed E-state index contributed by atoms with van der Waals surface area (Å²) in [6, 6.07) is 5.47. The molecule has 0 fully saturated rings. The van der Waals surface area contributed by atoms with Crippen LogP contribution >= 0.6 is 0 Å². The number of amides is 1. The number of anilines is 1. The summed E-state index contributed by atoms with van der Waals surface area (Å²) in [6.07, 6.45) is 0. The summed E-state index contributed by atoms with van der Waals surface area (Å²) in [5.74, 6) is -2.30. The van der Waals surface area contributed by atoms with E-state index in [4.69, 9.17) is 5.11 Å². The fraction of sp³-hybridized carbons (Fsp3) is 0.333. The Hall–Kier alpha value is -1.89. The van der Waals surface area contributed by atoms with Crippen LogP contribution in [0.1, 0.15) is 24.2 Å². The number of benzene rings is 1. The molecule has 104 valence electrons. The van der Waals surface area contributed by atoms with E-state index in [1.807, 2.05) is 0 Å². The SMILES string of the molecule is CC(C)S(=O)(=O)CC(=O)Nc1ccc(C(=O)O)cc1. The monoisotopic (exact) mass is 285 g/mol. The molecule has 0 unspecified atom stereocenters. The Morgan fingerprint density at radius 1 is 1.21 bits per heavy atom. The van der Waals surface area contributed by atoms with E-state index in [1.165, 1.54) is 38.1 Å². The summed E-state index contributed by atoms with van der Waals surface area (Å²) >= 11 is 0. The van der Waals surface area contributed by atoms with Crippen molar-refractivity contribution in [2.75, 3.05) is 11.1 Å². The van der Waals surface area contributed by atoms with Gasteiger partial charge in [0.1, 0.15) is 5.75 Å². The third kappa shape index (κ3) is 4.36. The zero-order valence-corrected chi connectivity index (χ0v) is 11.4. The van der Waals surface area contributed by atoms with Gasteiger partial charge >= 0.3 is 5.97 Å². The van der Waals surface area contributed by atoms with Crippen molar-refractivity contribution in [3.8, 4) is 0 Å². The van der Waals surface area contributed by atoms with E-state index in [0.29, 0.717) is 5.69 Å². The smallest absolute Gasteiger partial charge is 0.335 e. The molecule has 0 aliphatic rings. The average molecular weight is 285 g/mol. The number of carboxylic acid groups (broad SMARTS) is 1. The van der Waals surface area contributed by atoms with Crippen LogP contribution in [0.3, 0.4) is 0 Å². The van der Waals surface area contributed by atoms with Gasteiger partial charge in [0, 0.05) is 5.69 Å². The lowest BCUT2D eigenvalue weighted by Gasteiger charge is -2.08. The average Bonchev–Trinajstić information content (AvgIpc) is 2.28. The van der Waals surface area contributed by atoms with Gasteiger partial charge in [-0.05, 0) is 38.1 Å². The van der Waals surface area contributed by atoms with Gasteiger partial charge in [-0.2, -0.15) is 0 Å². The number of carbonyl (C=O) groups is 2. The lowest BCUT2D eigenvalue weighted by atomic mass is 10.2. The Morgan fingerprint density at radius 2 is 1.74 bits per heavy atom. The fourth-order valence-electron chi connectivity index (χ4n) is 1.24. The number of aromatic carboxylic acids is 1. The largest absolute Gasteiger partial charge is 0.478 e. The molecule has 0 spiro atoms. The van der Waals surface area contributed by atoms with Crippen molar-refractivity contribution in [2.24, 2.45) is 0 Å². The first kappa shape index (κ1) is 15.2. The van der Waals surface area contributed by atoms with Crippen molar-refractivity contribution >= 4 is 27.4 Å². The zero-order valence-electron chi connectivity index (χ0n) is 10.6. The molecule has 1 amide bonds. The van der Waals surface area contributed by atoms with Crippen molar-refractivity contribution < 1.29 is 23.1 Å². The molecule has 1 aromatic carbocycles. The first-order chi connectivity index (χ1) is 8.72. The first-order valence-corrected chi connectivity index (χ1v) is 7.28. The summed E-state index contributed by atoms with van der Waals surface area (Å²) in [7, 11) is -3.45. The highest BCUT2D eigenvalue weighted by Gasteiger charge is 2.20. The molecule has 0 radical (unpaired) electrons. The van der Waals surface area contributed by atoms with E-state index in [0.717, 1.165) is 0 Å². The number of hydrogen-bond acceptors (Lipinski definition) is 4. The number of rotatable bonds is 5. The van der Waals surface area contributed by atoms with Crippen LogP contribution in [-0.2, 0) is 14.6 Å². The number of sulfone groups is 1. The predicted molar refractivity (Wildman–Crippen MR) is 71.0 cm³/mol. The molecule has 0 bridgehead atoms. The van der Waals surface area contributed by atoms with Crippen LogP contribution < -0.4 is 5.32 Å². The normalized spacial score (nSPS) is 11.3. The number of carboxylic acids is 1. The Morgan fingerprint density at radius 3 is 2.16 bits per heavy atom. The van der Waals surface area contributed by atoms with E-state index in [9.17, 15) is 18.0 Å². The van der Waals surface area contributed by atoms with Crippen molar-refractivity contribution in [1.82, 2.24) is 0 Å². The quantitative estimate of drug-likeness (QED) is 0.845. The van der Waals surface area contributed by atoms with Crippen LogP contribution in [0, 0.1) is 0 Å². The maximum absolute atomic E-state index is 11.5. The van der Waals surface area contributed by atoms with Crippen molar-refractivity contribution in [2.45, 2.75) is 19.1 Å². The third-order valence-corrected chi connectivity index (χ3v) is 4.57. The molecule has 0 saturated carbocycles. The first-order valence-electron chi connectivity index (χ1n) is 5.57. The highest BCUT2D eigenvalue weighted by Crippen LogP contribution is 2.10. The molecular weight excluding hydrogens is 270 g/mol. The van der Waals surface area contributed by atoms with Crippen LogP contribution in [0.2, 0.25) is 0 Å². The van der Waals surface area contributed by atoms with Crippen molar-refractivity contribution in [3.05, 3.63) is 29.8 Å². The van der Waals surface area contributed by atoms with Gasteiger partial charge in [-0.3, -0.25) is 4.79 Å². The molecule has 19 heavy (non-hydrogen) atoms. The van der Waals surface area contributed by atoms with E-state index in [-0.39, 0.29) is 5.56 Å². The van der Waals surface area contributed by atoms with E-state index in [2.05, 4.69) is 5.32 Å². The minimum absolute atomic E-state index is 0.0906. The molecule has 0 heterocycles. The Bertz CT molecular complexity index is 575. The van der Waals surface area contributed by atoms with Gasteiger partial charge in [0.2, 0.25) is 5.91 Å². The molecule has 0 aliphatic carbocycles. The Kier molecular flexibility index (Phi) is 4.66. The maximum Gasteiger partial charge on any atom is 0.335 e. The Labute approximate surface area is 111 Å². The summed E-state index contributed by atoms with van der Waals surface area (Å²) in [4.78, 5) is 22.2. The van der Waals surface area contributed by atoms with Gasteiger partial charge in [0.25, 0.3) is 0 Å². The minimum atomic E-state index is -3.45. The topological polar surface area (TPSA) is 101 Å². The van der Waals surface area contributed by atoms with Crippen LogP contribution in [0.4, 0.5) is 5.69 Å². The molecule has 0 atom stereocenters. The molecular formula is C12H15NO5S. The number of nitrogens with one attached hydrogen (secondary N) is 1. The fourth-order valence-corrected chi connectivity index (χ4v) is 2.01. The molecule has 1 rings (SSSR count). The van der Waals surface area contributed by atoms with Crippen LogP contribution in [0.5, 0.6) is 0 Å². The maximum atomic E-state index is 11.5.